The first-order valence-electron chi connectivity index (χ1n) is 8.00. The third-order valence-corrected chi connectivity index (χ3v) is 6.99. The Balaban J connectivity index is 1.54. The maximum absolute atomic E-state index is 12.5. The molecule has 1 aliphatic heterocycles. The number of thiazole rings is 1. The lowest BCUT2D eigenvalue weighted by Crippen LogP contribution is -2.11. The number of aromatic nitrogens is 1. The van der Waals surface area contributed by atoms with E-state index >= 15 is 0 Å². The van der Waals surface area contributed by atoms with Crippen LogP contribution >= 0.6 is 34.9 Å². The van der Waals surface area contributed by atoms with Gasteiger partial charge in [0.05, 0.1) is 5.69 Å². The standard InChI is InChI=1S/C19H16N2OS3/c1-2-23-13-9-7-12(8-10-13)18(22)21-19-20-17-14-5-3-4-6-15(14)24-11-16(17)25-19/h3-10H,2,11H2,1H3,(H,20,21,22). The average molecular weight is 385 g/mol. The molecule has 6 heteroatoms. The molecule has 25 heavy (non-hydrogen) atoms. The normalized spacial score (nSPS) is 12.4. The van der Waals surface area contributed by atoms with Crippen molar-refractivity contribution in [3.8, 4) is 11.3 Å². The third-order valence-electron chi connectivity index (χ3n) is 3.85. The van der Waals surface area contributed by atoms with Crippen molar-refractivity contribution in [3.05, 3.63) is 59.0 Å². The Hall–Kier alpha value is -1.76. The highest BCUT2D eigenvalue weighted by atomic mass is 32.2. The van der Waals surface area contributed by atoms with Crippen LogP contribution in [0.3, 0.4) is 0 Å². The lowest BCUT2D eigenvalue weighted by Gasteiger charge is -2.13. The summed E-state index contributed by atoms with van der Waals surface area (Å²) in [4.78, 5) is 20.8. The van der Waals surface area contributed by atoms with Crippen molar-refractivity contribution in [1.82, 2.24) is 4.98 Å². The molecule has 2 aromatic carbocycles. The van der Waals surface area contributed by atoms with Crippen molar-refractivity contribution in [2.45, 2.75) is 22.5 Å². The maximum atomic E-state index is 12.5. The molecule has 2 heterocycles. The predicted octanol–water partition coefficient (Wildman–Crippen LogP) is 5.78. The minimum Gasteiger partial charge on any atom is -0.298 e. The zero-order chi connectivity index (χ0) is 17.2. The van der Waals surface area contributed by atoms with Crippen molar-refractivity contribution in [3.63, 3.8) is 0 Å². The van der Waals surface area contributed by atoms with E-state index < -0.39 is 0 Å². The number of carbonyl (C=O) groups excluding carboxylic acids is 1. The number of thioether (sulfide) groups is 2. The van der Waals surface area contributed by atoms with Crippen LogP contribution in [-0.4, -0.2) is 16.6 Å². The van der Waals surface area contributed by atoms with Gasteiger partial charge in [0, 0.05) is 31.5 Å². The van der Waals surface area contributed by atoms with E-state index in [-0.39, 0.29) is 5.91 Å². The topological polar surface area (TPSA) is 42.0 Å². The maximum Gasteiger partial charge on any atom is 0.257 e. The van der Waals surface area contributed by atoms with E-state index in [2.05, 4.69) is 29.4 Å². The van der Waals surface area contributed by atoms with Gasteiger partial charge in [-0.3, -0.25) is 10.1 Å². The molecular formula is C19H16N2OS3. The highest BCUT2D eigenvalue weighted by molar-refractivity contribution is 7.99. The summed E-state index contributed by atoms with van der Waals surface area (Å²) in [5, 5.41) is 3.62. The fourth-order valence-corrected chi connectivity index (χ4v) is 5.44. The van der Waals surface area contributed by atoms with Gasteiger partial charge in [0.2, 0.25) is 0 Å². The Morgan fingerprint density at radius 2 is 2.00 bits per heavy atom. The molecule has 1 amide bonds. The lowest BCUT2D eigenvalue weighted by molar-refractivity contribution is 0.102. The Kier molecular flexibility index (Phi) is 4.83. The van der Waals surface area contributed by atoms with Crippen LogP contribution in [0.5, 0.6) is 0 Å². The smallest absolute Gasteiger partial charge is 0.257 e. The Labute approximate surface area is 159 Å². The van der Waals surface area contributed by atoms with Crippen LogP contribution in [0, 0.1) is 0 Å². The molecule has 126 valence electrons. The van der Waals surface area contributed by atoms with Crippen LogP contribution in [0.4, 0.5) is 5.13 Å². The first-order chi connectivity index (χ1) is 12.2. The molecular weight excluding hydrogens is 368 g/mol. The number of nitrogens with one attached hydrogen (secondary N) is 1. The van der Waals surface area contributed by atoms with Gasteiger partial charge in [0.15, 0.2) is 5.13 Å². The zero-order valence-corrected chi connectivity index (χ0v) is 16.1. The fraction of sp³-hybridized carbons (Fsp3) is 0.158. The molecule has 1 N–H and O–H groups in total. The number of carbonyl (C=O) groups is 1. The van der Waals surface area contributed by atoms with Crippen LogP contribution < -0.4 is 5.32 Å². The van der Waals surface area contributed by atoms with E-state index in [9.17, 15) is 4.79 Å². The Morgan fingerprint density at radius 3 is 2.80 bits per heavy atom. The predicted molar refractivity (Wildman–Crippen MR) is 108 cm³/mol. The Morgan fingerprint density at radius 1 is 1.20 bits per heavy atom. The van der Waals surface area contributed by atoms with Gasteiger partial charge < -0.3 is 0 Å². The largest absolute Gasteiger partial charge is 0.298 e. The molecule has 0 aliphatic carbocycles. The Bertz CT molecular complexity index is 919. The summed E-state index contributed by atoms with van der Waals surface area (Å²) in [5.74, 6) is 1.82. The van der Waals surface area contributed by atoms with E-state index in [0.717, 1.165) is 22.8 Å². The molecule has 1 aromatic heterocycles. The summed E-state index contributed by atoms with van der Waals surface area (Å²) in [6.07, 6.45) is 0. The van der Waals surface area contributed by atoms with Gasteiger partial charge in [-0.1, -0.05) is 25.1 Å². The molecule has 4 rings (SSSR count). The van der Waals surface area contributed by atoms with Gasteiger partial charge in [0.1, 0.15) is 0 Å². The number of amides is 1. The van der Waals surface area contributed by atoms with Gasteiger partial charge >= 0.3 is 0 Å². The third kappa shape index (κ3) is 3.47. The minimum atomic E-state index is -0.111. The molecule has 0 radical (unpaired) electrons. The number of hydrogen-bond acceptors (Lipinski definition) is 5. The summed E-state index contributed by atoms with van der Waals surface area (Å²) in [6, 6.07) is 16.0. The SMILES string of the molecule is CCSc1ccc(C(=O)Nc2nc3c(s2)CSc2ccccc2-3)cc1. The van der Waals surface area contributed by atoms with E-state index in [1.807, 2.05) is 48.2 Å². The van der Waals surface area contributed by atoms with Gasteiger partial charge in [-0.15, -0.1) is 34.9 Å². The first kappa shape index (κ1) is 16.7. The van der Waals surface area contributed by atoms with E-state index in [1.54, 1.807) is 23.1 Å². The molecule has 0 saturated heterocycles. The molecule has 1 aliphatic rings. The fourth-order valence-electron chi connectivity index (χ4n) is 2.68. The van der Waals surface area contributed by atoms with Crippen molar-refractivity contribution in [2.75, 3.05) is 11.1 Å². The number of nitrogens with zero attached hydrogens (tertiary/aromatic N) is 1. The molecule has 0 saturated carbocycles. The summed E-state index contributed by atoms with van der Waals surface area (Å²) in [5.41, 5.74) is 2.82. The minimum absolute atomic E-state index is 0.111. The van der Waals surface area contributed by atoms with Crippen LogP contribution in [-0.2, 0) is 5.75 Å². The number of rotatable bonds is 4. The number of hydrogen-bond donors (Lipinski definition) is 1. The highest BCUT2D eigenvalue weighted by Crippen LogP contribution is 2.44. The zero-order valence-electron chi connectivity index (χ0n) is 13.6. The van der Waals surface area contributed by atoms with Crippen LogP contribution in [0.25, 0.3) is 11.3 Å². The molecule has 0 unspecified atom stereocenters. The second-order valence-corrected chi connectivity index (χ2v) is 8.93. The second-order valence-electron chi connectivity index (χ2n) is 5.49. The number of benzene rings is 2. The monoisotopic (exact) mass is 384 g/mol. The van der Waals surface area contributed by atoms with Crippen LogP contribution in [0.1, 0.15) is 22.2 Å². The summed E-state index contributed by atoms with van der Waals surface area (Å²) >= 11 is 5.15. The molecule has 3 aromatic rings. The molecule has 0 bridgehead atoms. The van der Waals surface area contributed by atoms with E-state index in [1.165, 1.54) is 14.7 Å². The quantitative estimate of drug-likeness (QED) is 0.579. The highest BCUT2D eigenvalue weighted by Gasteiger charge is 2.21. The average Bonchev–Trinajstić information content (AvgIpc) is 3.05. The molecule has 0 atom stereocenters. The van der Waals surface area contributed by atoms with Crippen LogP contribution in [0.15, 0.2) is 58.3 Å². The van der Waals surface area contributed by atoms with Crippen molar-refractivity contribution < 1.29 is 4.79 Å². The number of fused-ring (bicyclic) bond motifs is 3. The second kappa shape index (κ2) is 7.23. The van der Waals surface area contributed by atoms with Crippen LogP contribution in [0.2, 0.25) is 0 Å². The van der Waals surface area contributed by atoms with Gasteiger partial charge in [-0.05, 0) is 36.1 Å². The van der Waals surface area contributed by atoms with E-state index in [4.69, 9.17) is 0 Å². The first-order valence-corrected chi connectivity index (χ1v) is 10.8. The van der Waals surface area contributed by atoms with Gasteiger partial charge in [0.25, 0.3) is 5.91 Å². The lowest BCUT2D eigenvalue weighted by atomic mass is 10.1. The number of anilines is 1. The summed E-state index contributed by atoms with van der Waals surface area (Å²) < 4.78 is 0. The van der Waals surface area contributed by atoms with Crippen molar-refractivity contribution >= 4 is 45.9 Å². The van der Waals surface area contributed by atoms with Gasteiger partial charge in [-0.2, -0.15) is 0 Å². The van der Waals surface area contributed by atoms with Crippen molar-refractivity contribution in [1.29, 1.82) is 0 Å². The summed E-state index contributed by atoms with van der Waals surface area (Å²) in [6.45, 7) is 2.12. The molecule has 3 nitrogen and oxygen atoms in total. The molecule has 0 spiro atoms. The van der Waals surface area contributed by atoms with Gasteiger partial charge in [-0.25, -0.2) is 4.98 Å². The molecule has 0 fully saturated rings. The van der Waals surface area contributed by atoms with E-state index in [0.29, 0.717) is 10.7 Å². The summed E-state index contributed by atoms with van der Waals surface area (Å²) in [7, 11) is 0. The van der Waals surface area contributed by atoms with Crippen molar-refractivity contribution in [2.24, 2.45) is 0 Å².